The monoisotopic (exact) mass is 187 g/mol. The Kier molecular flexibility index (Phi) is 4.06. The van der Waals surface area contributed by atoms with Crippen LogP contribution < -0.4 is 5.32 Å². The zero-order chi connectivity index (χ0) is 10.5. The number of hydrogen-bond acceptors (Lipinski definition) is 5. The van der Waals surface area contributed by atoms with Crippen LogP contribution in [0.5, 0.6) is 0 Å². The van der Waals surface area contributed by atoms with E-state index in [-0.39, 0.29) is 12.2 Å². The van der Waals surface area contributed by atoms with Gasteiger partial charge in [-0.05, 0) is 13.8 Å². The molecule has 0 heterocycles. The van der Waals surface area contributed by atoms with Gasteiger partial charge in [-0.15, -0.1) is 0 Å². The van der Waals surface area contributed by atoms with Crippen molar-refractivity contribution >= 4 is 6.21 Å². The van der Waals surface area contributed by atoms with Crippen molar-refractivity contribution in [2.45, 2.75) is 19.4 Å². The van der Waals surface area contributed by atoms with Gasteiger partial charge in [0.15, 0.2) is 0 Å². The molecule has 0 unspecified atom stereocenters. The van der Waals surface area contributed by atoms with Crippen molar-refractivity contribution < 1.29 is 10.0 Å². The van der Waals surface area contributed by atoms with E-state index in [1.54, 1.807) is 13.8 Å². The highest BCUT2D eigenvalue weighted by Crippen LogP contribution is 1.97. The van der Waals surface area contributed by atoms with Crippen molar-refractivity contribution in [3.8, 4) is 0 Å². The van der Waals surface area contributed by atoms with E-state index < -0.39 is 10.5 Å². The van der Waals surface area contributed by atoms with Crippen LogP contribution >= 0.6 is 0 Å². The molecule has 0 saturated carbocycles. The number of allylic oxidation sites excluding steroid dienone is 1. The van der Waals surface area contributed by atoms with E-state index in [9.17, 15) is 15.2 Å². The first-order chi connectivity index (χ1) is 5.87. The molecule has 0 amide bonds. The fourth-order valence-electron chi connectivity index (χ4n) is 0.552. The molecule has 0 aliphatic heterocycles. The molecule has 0 aliphatic carbocycles. The minimum Gasteiger partial charge on any atom is -0.389 e. The quantitative estimate of drug-likeness (QED) is 0.323. The van der Waals surface area contributed by atoms with Gasteiger partial charge in [0.25, 0.3) is 0 Å². The number of rotatable bonds is 5. The van der Waals surface area contributed by atoms with Gasteiger partial charge in [-0.1, -0.05) is 0 Å². The van der Waals surface area contributed by atoms with E-state index in [1.807, 2.05) is 0 Å². The van der Waals surface area contributed by atoms with Gasteiger partial charge in [-0.3, -0.25) is 10.1 Å². The second-order valence-electron chi connectivity index (χ2n) is 3.16. The minimum atomic E-state index is -0.930. The normalized spacial score (nSPS) is 12.4. The summed E-state index contributed by atoms with van der Waals surface area (Å²) in [5.41, 5.74) is -1.27. The Morgan fingerprint density at radius 2 is 2.31 bits per heavy atom. The Labute approximate surface area is 75.9 Å². The number of nitro groups is 1. The molecule has 0 aromatic heterocycles. The van der Waals surface area contributed by atoms with Crippen LogP contribution in [-0.2, 0) is 0 Å². The summed E-state index contributed by atoms with van der Waals surface area (Å²) in [5.74, 6) is 0. The van der Waals surface area contributed by atoms with Gasteiger partial charge in [0, 0.05) is 6.54 Å². The predicted octanol–water partition coefficient (Wildman–Crippen LogP) is 0.115. The standard InChI is InChI=1S/C7H13N3O3/c1-7(2,11)5-9-4-6(3-8)10(12)13/h3-4,8-9,11H,5H2,1-2H3/b6-4+,8-3?. The van der Waals surface area contributed by atoms with Crippen molar-refractivity contribution in [1.29, 1.82) is 5.41 Å². The van der Waals surface area contributed by atoms with Crippen LogP contribution in [0, 0.1) is 15.5 Å². The molecule has 74 valence electrons. The summed E-state index contributed by atoms with van der Waals surface area (Å²) in [6.07, 6.45) is 1.72. The molecule has 13 heavy (non-hydrogen) atoms. The lowest BCUT2D eigenvalue weighted by Gasteiger charge is -2.15. The summed E-state index contributed by atoms with van der Waals surface area (Å²) in [5, 5.41) is 28.6. The zero-order valence-electron chi connectivity index (χ0n) is 7.57. The third kappa shape index (κ3) is 5.80. The van der Waals surface area contributed by atoms with Crippen LogP contribution in [0.3, 0.4) is 0 Å². The summed E-state index contributed by atoms with van der Waals surface area (Å²) in [6, 6.07) is 0. The Morgan fingerprint density at radius 3 is 2.62 bits per heavy atom. The van der Waals surface area contributed by atoms with E-state index in [2.05, 4.69) is 5.32 Å². The summed E-state index contributed by atoms with van der Waals surface area (Å²) >= 11 is 0. The van der Waals surface area contributed by atoms with Gasteiger partial charge < -0.3 is 15.8 Å². The number of nitrogens with one attached hydrogen (secondary N) is 2. The lowest BCUT2D eigenvalue weighted by Crippen LogP contribution is -2.32. The molecule has 3 N–H and O–H groups in total. The molecule has 0 saturated heterocycles. The van der Waals surface area contributed by atoms with Crippen molar-refractivity contribution in [3.63, 3.8) is 0 Å². The predicted molar refractivity (Wildman–Crippen MR) is 48.2 cm³/mol. The molecule has 0 radical (unpaired) electrons. The van der Waals surface area contributed by atoms with E-state index in [4.69, 9.17) is 5.41 Å². The third-order valence-corrected chi connectivity index (χ3v) is 1.14. The Morgan fingerprint density at radius 1 is 1.77 bits per heavy atom. The average molecular weight is 187 g/mol. The number of nitrogens with zero attached hydrogens (tertiary/aromatic N) is 1. The second kappa shape index (κ2) is 4.56. The fourth-order valence-corrected chi connectivity index (χ4v) is 0.552. The smallest absolute Gasteiger partial charge is 0.302 e. The third-order valence-electron chi connectivity index (χ3n) is 1.14. The van der Waals surface area contributed by atoms with Crippen molar-refractivity contribution in [2.75, 3.05) is 6.54 Å². The van der Waals surface area contributed by atoms with E-state index in [0.717, 1.165) is 6.20 Å². The summed E-state index contributed by atoms with van der Waals surface area (Å²) in [7, 11) is 0. The van der Waals surface area contributed by atoms with Crippen molar-refractivity contribution in [1.82, 2.24) is 5.32 Å². The molecule has 0 aliphatic rings. The Hall–Kier alpha value is -1.43. The maximum absolute atomic E-state index is 10.2. The number of hydrogen-bond donors (Lipinski definition) is 3. The van der Waals surface area contributed by atoms with E-state index >= 15 is 0 Å². The maximum Gasteiger partial charge on any atom is 0.302 e. The van der Waals surface area contributed by atoms with E-state index in [0.29, 0.717) is 6.21 Å². The molecule has 6 heteroatoms. The second-order valence-corrected chi connectivity index (χ2v) is 3.16. The van der Waals surface area contributed by atoms with Gasteiger partial charge in [-0.2, -0.15) is 0 Å². The van der Waals surface area contributed by atoms with Crippen molar-refractivity contribution in [2.24, 2.45) is 0 Å². The van der Waals surface area contributed by atoms with Crippen LogP contribution in [-0.4, -0.2) is 28.4 Å². The maximum atomic E-state index is 10.2. The van der Waals surface area contributed by atoms with Gasteiger partial charge in [0.1, 0.15) is 0 Å². The van der Waals surface area contributed by atoms with Gasteiger partial charge in [0.05, 0.1) is 22.9 Å². The molecular weight excluding hydrogens is 174 g/mol. The Balaban J connectivity index is 4.10. The highest BCUT2D eigenvalue weighted by Gasteiger charge is 2.11. The van der Waals surface area contributed by atoms with Crippen LogP contribution in [0.1, 0.15) is 13.8 Å². The molecule has 0 spiro atoms. The number of aliphatic hydroxyl groups is 1. The molecule has 0 fully saturated rings. The van der Waals surface area contributed by atoms with Gasteiger partial charge in [0.2, 0.25) is 0 Å². The molecule has 0 aromatic rings. The summed E-state index contributed by atoms with van der Waals surface area (Å²) in [6.45, 7) is 3.34. The molecule has 0 rings (SSSR count). The first kappa shape index (κ1) is 11.6. The molecule has 0 bridgehead atoms. The minimum absolute atomic E-state index is 0.193. The van der Waals surface area contributed by atoms with Crippen molar-refractivity contribution in [3.05, 3.63) is 22.0 Å². The lowest BCUT2D eigenvalue weighted by molar-refractivity contribution is -0.414. The van der Waals surface area contributed by atoms with Crippen LogP contribution in [0.2, 0.25) is 0 Å². The first-order valence-electron chi connectivity index (χ1n) is 3.67. The lowest BCUT2D eigenvalue weighted by atomic mass is 10.1. The zero-order valence-corrected chi connectivity index (χ0v) is 7.57. The van der Waals surface area contributed by atoms with E-state index in [1.165, 1.54) is 0 Å². The highest BCUT2D eigenvalue weighted by atomic mass is 16.6. The van der Waals surface area contributed by atoms with Crippen LogP contribution in [0.4, 0.5) is 0 Å². The molecule has 6 nitrogen and oxygen atoms in total. The Bertz CT molecular complexity index is 230. The molecule has 0 atom stereocenters. The molecule has 0 aromatic carbocycles. The summed E-state index contributed by atoms with van der Waals surface area (Å²) in [4.78, 5) is 9.49. The van der Waals surface area contributed by atoms with Crippen LogP contribution in [0.15, 0.2) is 11.9 Å². The topological polar surface area (TPSA) is 99.2 Å². The van der Waals surface area contributed by atoms with Gasteiger partial charge >= 0.3 is 5.70 Å². The fraction of sp³-hybridized carbons (Fsp3) is 0.571. The van der Waals surface area contributed by atoms with Gasteiger partial charge in [-0.25, -0.2) is 0 Å². The largest absolute Gasteiger partial charge is 0.389 e. The first-order valence-corrected chi connectivity index (χ1v) is 3.67. The highest BCUT2D eigenvalue weighted by molar-refractivity contribution is 5.71. The molecular formula is C7H13N3O3. The average Bonchev–Trinajstić information content (AvgIpc) is 1.95. The summed E-state index contributed by atoms with van der Waals surface area (Å²) < 4.78 is 0. The van der Waals surface area contributed by atoms with Crippen LogP contribution in [0.25, 0.3) is 0 Å². The SMILES string of the molecule is CC(C)(O)CN/C=C(\C=N)[N+](=O)[O-].